The highest BCUT2D eigenvalue weighted by Gasteiger charge is 2.33. The van der Waals surface area contributed by atoms with Gasteiger partial charge in [-0.25, -0.2) is 8.42 Å². The van der Waals surface area contributed by atoms with Crippen LogP contribution in [0.1, 0.15) is 44.6 Å². The van der Waals surface area contributed by atoms with E-state index in [0.717, 1.165) is 42.0 Å². The maximum atomic E-state index is 14.0. The van der Waals surface area contributed by atoms with E-state index in [-0.39, 0.29) is 29.1 Å². The van der Waals surface area contributed by atoms with Gasteiger partial charge in [0.25, 0.3) is 10.0 Å². The van der Waals surface area contributed by atoms with Gasteiger partial charge in [-0.1, -0.05) is 72.8 Å². The summed E-state index contributed by atoms with van der Waals surface area (Å²) in [5, 5.41) is 4.02. The molecule has 3 aromatic rings. The topological polar surface area (TPSA) is 86.8 Å². The zero-order valence-corrected chi connectivity index (χ0v) is 24.6. The van der Waals surface area contributed by atoms with Crippen LogP contribution in [0.4, 0.5) is 5.69 Å². The predicted octanol–water partition coefficient (Wildman–Crippen LogP) is 6.05. The minimum absolute atomic E-state index is 0.0437. The molecule has 1 aliphatic carbocycles. The van der Waals surface area contributed by atoms with Gasteiger partial charge in [-0.2, -0.15) is 0 Å². The first-order valence-corrected chi connectivity index (χ1v) is 15.5. The van der Waals surface area contributed by atoms with Crippen LogP contribution >= 0.6 is 23.2 Å². The van der Waals surface area contributed by atoms with E-state index in [2.05, 4.69) is 5.32 Å². The maximum Gasteiger partial charge on any atom is 0.264 e. The smallest absolute Gasteiger partial charge is 0.264 e. The summed E-state index contributed by atoms with van der Waals surface area (Å²) in [5.41, 5.74) is 1.01. The van der Waals surface area contributed by atoms with Crippen molar-refractivity contribution in [3.63, 3.8) is 0 Å². The molecule has 1 saturated carbocycles. The van der Waals surface area contributed by atoms with Crippen molar-refractivity contribution >= 4 is 50.7 Å². The van der Waals surface area contributed by atoms with Gasteiger partial charge in [0.2, 0.25) is 11.8 Å². The summed E-state index contributed by atoms with van der Waals surface area (Å²) in [6, 6.07) is 20.4. The van der Waals surface area contributed by atoms with Crippen molar-refractivity contribution in [2.45, 2.75) is 62.6 Å². The second kappa shape index (κ2) is 13.5. The van der Waals surface area contributed by atoms with Gasteiger partial charge in [0.1, 0.15) is 12.6 Å². The molecule has 0 radical (unpaired) electrons. The van der Waals surface area contributed by atoms with E-state index in [1.807, 2.05) is 6.07 Å². The number of hydrogen-bond acceptors (Lipinski definition) is 4. The number of carbonyl (C=O) groups is 2. The number of amides is 2. The van der Waals surface area contributed by atoms with Crippen molar-refractivity contribution in [3.05, 3.63) is 94.5 Å². The number of benzene rings is 3. The number of nitrogens with one attached hydrogen (secondary N) is 1. The molecule has 1 fully saturated rings. The van der Waals surface area contributed by atoms with Crippen molar-refractivity contribution in [2.75, 3.05) is 10.8 Å². The van der Waals surface area contributed by atoms with Gasteiger partial charge in [0.05, 0.1) is 10.6 Å². The van der Waals surface area contributed by atoms with Crippen LogP contribution in [-0.4, -0.2) is 43.8 Å². The summed E-state index contributed by atoms with van der Waals surface area (Å²) in [6.45, 7) is 1.23. The Hall–Kier alpha value is -3.07. The molecule has 0 spiro atoms. The first-order chi connectivity index (χ1) is 19.1. The van der Waals surface area contributed by atoms with E-state index >= 15 is 0 Å². The minimum atomic E-state index is -4.12. The maximum absolute atomic E-state index is 14.0. The number of hydrogen-bond donors (Lipinski definition) is 1. The van der Waals surface area contributed by atoms with E-state index in [1.165, 1.54) is 17.0 Å². The van der Waals surface area contributed by atoms with Gasteiger partial charge in [-0.15, -0.1) is 0 Å². The molecular weight excluding hydrogens is 569 g/mol. The number of sulfonamides is 1. The Morgan fingerprint density at radius 1 is 0.900 bits per heavy atom. The van der Waals surface area contributed by atoms with Crippen LogP contribution in [0.25, 0.3) is 0 Å². The SMILES string of the molecule is C[C@H](C(=O)NC1CCCCC1)N(Cc1cccc(Cl)c1)C(=O)CN(c1ccc(Cl)cc1)S(=O)(=O)c1ccccc1. The second-order valence-electron chi connectivity index (χ2n) is 9.97. The molecular formula is C30H33Cl2N3O4S. The van der Waals surface area contributed by atoms with E-state index in [9.17, 15) is 18.0 Å². The minimum Gasteiger partial charge on any atom is -0.352 e. The molecule has 0 bridgehead atoms. The third-order valence-electron chi connectivity index (χ3n) is 7.09. The largest absolute Gasteiger partial charge is 0.352 e. The Labute approximate surface area is 246 Å². The highest BCUT2D eigenvalue weighted by molar-refractivity contribution is 7.92. The van der Waals surface area contributed by atoms with Crippen molar-refractivity contribution < 1.29 is 18.0 Å². The highest BCUT2D eigenvalue weighted by atomic mass is 35.5. The Morgan fingerprint density at radius 2 is 1.57 bits per heavy atom. The molecule has 7 nitrogen and oxygen atoms in total. The molecule has 2 amide bonds. The predicted molar refractivity (Wildman–Crippen MR) is 159 cm³/mol. The van der Waals surface area contributed by atoms with Gasteiger partial charge in [0, 0.05) is 22.6 Å². The van der Waals surface area contributed by atoms with E-state index < -0.39 is 28.5 Å². The zero-order valence-electron chi connectivity index (χ0n) is 22.3. The van der Waals surface area contributed by atoms with Gasteiger partial charge in [0.15, 0.2) is 0 Å². The van der Waals surface area contributed by atoms with Crippen LogP contribution in [0, 0.1) is 0 Å². The van der Waals surface area contributed by atoms with Crippen molar-refractivity contribution in [2.24, 2.45) is 0 Å². The third-order valence-corrected chi connectivity index (χ3v) is 9.36. The summed E-state index contributed by atoms with van der Waals surface area (Å²) in [4.78, 5) is 28.8. The molecule has 212 valence electrons. The van der Waals surface area contributed by atoms with Crippen LogP contribution in [-0.2, 0) is 26.2 Å². The summed E-state index contributed by atoms with van der Waals surface area (Å²) in [7, 11) is -4.12. The zero-order chi connectivity index (χ0) is 28.7. The van der Waals surface area contributed by atoms with Gasteiger partial charge >= 0.3 is 0 Å². The lowest BCUT2D eigenvalue weighted by Gasteiger charge is -2.33. The molecule has 3 aromatic carbocycles. The summed E-state index contributed by atoms with van der Waals surface area (Å²) < 4.78 is 28.6. The lowest BCUT2D eigenvalue weighted by atomic mass is 9.95. The molecule has 0 aromatic heterocycles. The highest BCUT2D eigenvalue weighted by Crippen LogP contribution is 2.26. The average molecular weight is 603 g/mol. The molecule has 0 aliphatic heterocycles. The number of carbonyl (C=O) groups excluding carboxylic acids is 2. The number of rotatable bonds is 10. The van der Waals surface area contributed by atoms with Gasteiger partial charge in [-0.3, -0.25) is 13.9 Å². The first kappa shape index (κ1) is 29.9. The summed E-state index contributed by atoms with van der Waals surface area (Å²) in [5.74, 6) is -0.799. The molecule has 0 heterocycles. The second-order valence-corrected chi connectivity index (χ2v) is 12.7. The Balaban J connectivity index is 1.66. The Morgan fingerprint density at radius 3 is 2.23 bits per heavy atom. The first-order valence-electron chi connectivity index (χ1n) is 13.3. The molecule has 1 aliphatic rings. The standard InChI is InChI=1S/C30H33Cl2N3O4S/c1-22(30(37)33-26-11-4-2-5-12-26)34(20-23-9-8-10-25(32)19-23)29(36)21-35(27-17-15-24(31)16-18-27)40(38,39)28-13-6-3-7-14-28/h3,6-10,13-19,22,26H,2,4-5,11-12,20-21H2,1H3,(H,33,37)/t22-/m1/s1. The van der Waals surface area contributed by atoms with Crippen LogP contribution in [0.2, 0.25) is 10.0 Å². The lowest BCUT2D eigenvalue weighted by Crippen LogP contribution is -2.53. The number of anilines is 1. The van der Waals surface area contributed by atoms with Crippen molar-refractivity contribution in [1.82, 2.24) is 10.2 Å². The molecule has 0 saturated heterocycles. The fourth-order valence-electron chi connectivity index (χ4n) is 4.84. The van der Waals surface area contributed by atoms with Gasteiger partial charge < -0.3 is 10.2 Å². The van der Waals surface area contributed by atoms with E-state index in [4.69, 9.17) is 23.2 Å². The molecule has 10 heteroatoms. The summed E-state index contributed by atoms with van der Waals surface area (Å²) >= 11 is 12.3. The normalized spacial score (nSPS) is 14.8. The van der Waals surface area contributed by atoms with Crippen molar-refractivity contribution in [3.8, 4) is 0 Å². The molecule has 40 heavy (non-hydrogen) atoms. The van der Waals surface area contributed by atoms with E-state index in [0.29, 0.717) is 10.0 Å². The molecule has 1 atom stereocenters. The quantitative estimate of drug-likeness (QED) is 0.306. The van der Waals surface area contributed by atoms with Crippen LogP contribution in [0.5, 0.6) is 0 Å². The van der Waals surface area contributed by atoms with E-state index in [1.54, 1.807) is 67.6 Å². The van der Waals surface area contributed by atoms with Crippen LogP contribution < -0.4 is 9.62 Å². The van der Waals surface area contributed by atoms with Gasteiger partial charge in [-0.05, 0) is 73.9 Å². The van der Waals surface area contributed by atoms with Crippen LogP contribution in [0.15, 0.2) is 83.8 Å². The summed E-state index contributed by atoms with van der Waals surface area (Å²) in [6.07, 6.45) is 5.06. The monoisotopic (exact) mass is 601 g/mol. The Kier molecular flexibility index (Phi) is 10.1. The number of nitrogens with zero attached hydrogens (tertiary/aromatic N) is 2. The fourth-order valence-corrected chi connectivity index (χ4v) is 6.61. The van der Waals surface area contributed by atoms with Crippen molar-refractivity contribution in [1.29, 1.82) is 0 Å². The van der Waals surface area contributed by atoms with Crippen LogP contribution in [0.3, 0.4) is 0 Å². The lowest BCUT2D eigenvalue weighted by molar-refractivity contribution is -0.139. The molecule has 4 rings (SSSR count). The number of halogens is 2. The Bertz CT molecular complexity index is 1410. The third kappa shape index (κ3) is 7.56. The fraction of sp³-hybridized carbons (Fsp3) is 0.333. The average Bonchev–Trinajstić information content (AvgIpc) is 2.95. The molecule has 1 N–H and O–H groups in total. The molecule has 0 unspecified atom stereocenters.